The number of aryl methyl sites for hydroxylation is 1. The number of methoxy groups -OCH3 is 1. The molecule has 13 heteroatoms. The lowest BCUT2D eigenvalue weighted by Crippen LogP contribution is -2.45. The third-order valence-electron chi connectivity index (χ3n) is 5.98. The van der Waals surface area contributed by atoms with E-state index in [1.54, 1.807) is 39.0 Å². The molecular weight excluding hydrogens is 680 g/mol. The van der Waals surface area contributed by atoms with E-state index in [0.29, 0.717) is 14.5 Å². The smallest absolute Gasteiger partial charge is 0.408 e. The Labute approximate surface area is 256 Å². The quantitative estimate of drug-likeness (QED) is 0.182. The summed E-state index contributed by atoms with van der Waals surface area (Å²) in [7, 11) is -2.78. The summed E-state index contributed by atoms with van der Waals surface area (Å²) in [6.45, 7) is 6.91. The Hall–Kier alpha value is -3.72. The first-order chi connectivity index (χ1) is 19.7. The maximum atomic E-state index is 15.2. The molecule has 0 aliphatic carbocycles. The van der Waals surface area contributed by atoms with E-state index in [-0.39, 0.29) is 28.5 Å². The number of hydrogen-bond donors (Lipinski definition) is 1. The zero-order valence-electron chi connectivity index (χ0n) is 23.5. The van der Waals surface area contributed by atoms with Crippen molar-refractivity contribution in [3.05, 3.63) is 81.4 Å². The number of alkyl carbamates (subject to hydrolysis) is 1. The van der Waals surface area contributed by atoms with Crippen LogP contribution in [0.1, 0.15) is 31.9 Å². The molecule has 2 aromatic heterocycles. The van der Waals surface area contributed by atoms with Crippen molar-refractivity contribution in [3.8, 4) is 11.5 Å². The van der Waals surface area contributed by atoms with Crippen molar-refractivity contribution in [2.45, 2.75) is 50.7 Å². The number of ether oxygens (including phenoxy) is 3. The second-order valence-electron chi connectivity index (χ2n) is 10.4. The van der Waals surface area contributed by atoms with E-state index in [4.69, 9.17) is 14.2 Å². The highest BCUT2D eigenvalue weighted by Gasteiger charge is 2.27. The van der Waals surface area contributed by atoms with E-state index in [1.165, 1.54) is 49.8 Å². The lowest BCUT2D eigenvalue weighted by molar-refractivity contribution is -0.143. The van der Waals surface area contributed by atoms with Crippen molar-refractivity contribution >= 4 is 55.7 Å². The van der Waals surface area contributed by atoms with Crippen LogP contribution in [0.25, 0.3) is 11.0 Å². The fraction of sp³-hybridized carbons (Fsp3) is 0.276. The highest BCUT2D eigenvalue weighted by molar-refractivity contribution is 14.1. The van der Waals surface area contributed by atoms with Gasteiger partial charge in [0, 0.05) is 22.4 Å². The van der Waals surface area contributed by atoms with Gasteiger partial charge in [-0.3, -0.25) is 0 Å². The third kappa shape index (κ3) is 7.01. The number of nitrogens with zero attached hydrogens (tertiary/aromatic N) is 2. The Balaban J connectivity index is 1.60. The molecule has 1 N–H and O–H groups in total. The summed E-state index contributed by atoms with van der Waals surface area (Å²) >= 11 is 1.98. The molecule has 0 aliphatic rings. The molecule has 0 fully saturated rings. The molecule has 0 saturated heterocycles. The molecule has 0 aliphatic heterocycles. The molecule has 0 saturated carbocycles. The van der Waals surface area contributed by atoms with Crippen LogP contribution in [0.4, 0.5) is 9.18 Å². The molecule has 0 spiro atoms. The number of carbonyl (C=O) groups excluding carboxylic acids is 2. The van der Waals surface area contributed by atoms with Crippen molar-refractivity contribution < 1.29 is 36.6 Å². The second kappa shape index (κ2) is 12.3. The molecule has 0 radical (unpaired) electrons. The van der Waals surface area contributed by atoms with Crippen LogP contribution in [-0.4, -0.2) is 48.2 Å². The predicted octanol–water partition coefficient (Wildman–Crippen LogP) is 5.73. The largest absolute Gasteiger partial charge is 0.467 e. The van der Waals surface area contributed by atoms with Gasteiger partial charge in [-0.15, -0.1) is 0 Å². The fourth-order valence-corrected chi connectivity index (χ4v) is 6.33. The van der Waals surface area contributed by atoms with E-state index < -0.39 is 39.5 Å². The van der Waals surface area contributed by atoms with Crippen LogP contribution in [0.15, 0.2) is 65.8 Å². The lowest BCUT2D eigenvalue weighted by Gasteiger charge is -2.22. The lowest BCUT2D eigenvalue weighted by atomic mass is 10.1. The van der Waals surface area contributed by atoms with Crippen LogP contribution in [0.3, 0.4) is 0 Å². The van der Waals surface area contributed by atoms with E-state index in [2.05, 4.69) is 10.3 Å². The Bertz CT molecular complexity index is 1750. The van der Waals surface area contributed by atoms with E-state index >= 15 is 4.39 Å². The van der Waals surface area contributed by atoms with Gasteiger partial charge in [0.15, 0.2) is 17.2 Å². The maximum absolute atomic E-state index is 15.2. The second-order valence-corrected chi connectivity index (χ2v) is 13.4. The summed E-state index contributed by atoms with van der Waals surface area (Å²) in [4.78, 5) is 28.9. The number of amides is 1. The minimum atomic E-state index is -3.96. The summed E-state index contributed by atoms with van der Waals surface area (Å²) < 4.78 is 59.5. The molecule has 0 unspecified atom stereocenters. The van der Waals surface area contributed by atoms with Crippen LogP contribution < -0.4 is 10.1 Å². The number of esters is 1. The van der Waals surface area contributed by atoms with Crippen LogP contribution >= 0.6 is 22.6 Å². The van der Waals surface area contributed by atoms with Crippen molar-refractivity contribution in [3.63, 3.8) is 0 Å². The number of pyridine rings is 1. The highest BCUT2D eigenvalue weighted by Crippen LogP contribution is 2.36. The summed E-state index contributed by atoms with van der Waals surface area (Å²) in [5.41, 5.74) is 0.653. The van der Waals surface area contributed by atoms with Crippen LogP contribution in [-0.2, 0) is 30.7 Å². The number of nitrogens with one attached hydrogen (secondary N) is 1. The van der Waals surface area contributed by atoms with Crippen molar-refractivity contribution in [1.82, 2.24) is 14.3 Å². The molecule has 2 heterocycles. The van der Waals surface area contributed by atoms with Crippen molar-refractivity contribution in [2.75, 3.05) is 7.11 Å². The zero-order valence-corrected chi connectivity index (χ0v) is 26.4. The average Bonchev–Trinajstić information content (AvgIpc) is 3.26. The molecule has 1 amide bonds. The van der Waals surface area contributed by atoms with Crippen LogP contribution in [0.2, 0.25) is 0 Å². The van der Waals surface area contributed by atoms with Gasteiger partial charge in [0.05, 0.1) is 17.4 Å². The van der Waals surface area contributed by atoms with Crippen molar-refractivity contribution in [2.24, 2.45) is 0 Å². The Morgan fingerprint density at radius 3 is 2.40 bits per heavy atom. The topological polar surface area (TPSA) is 126 Å². The molecule has 4 aromatic rings. The minimum absolute atomic E-state index is 0.0692. The summed E-state index contributed by atoms with van der Waals surface area (Å²) in [6.07, 6.45) is 1.93. The molecule has 42 heavy (non-hydrogen) atoms. The fourth-order valence-electron chi connectivity index (χ4n) is 4.04. The van der Waals surface area contributed by atoms with Gasteiger partial charge in [-0.2, -0.15) is 0 Å². The number of fused-ring (bicyclic) bond motifs is 1. The molecule has 0 bridgehead atoms. The number of aromatic nitrogens is 2. The first-order valence-corrected chi connectivity index (χ1v) is 15.2. The van der Waals surface area contributed by atoms with Gasteiger partial charge in [-0.25, -0.2) is 31.4 Å². The van der Waals surface area contributed by atoms with Crippen LogP contribution in [0, 0.1) is 16.3 Å². The molecule has 222 valence electrons. The minimum Gasteiger partial charge on any atom is -0.467 e. The average molecular weight is 710 g/mol. The van der Waals surface area contributed by atoms with Gasteiger partial charge in [0.2, 0.25) is 0 Å². The SMILES string of the molecule is COC(=O)[C@H](Cc1ccc(Oc2ccnc3c2c(I)cn3S(=O)(=O)c2ccc(C)cc2)c(F)c1)NC(=O)OC(C)(C)C. The standard InChI is InChI=1S/C29H29FIN3O7S/c1-17-6-9-19(10-7-17)42(37,38)34-16-21(31)25-24(12-13-32-26(25)34)40-23-11-8-18(14-20(23)30)15-22(27(35)39-5)33-28(36)41-29(2,3)4/h6-14,16,22H,15H2,1-5H3,(H,33,36)/t22-/m0/s1. The monoisotopic (exact) mass is 709 g/mol. The molecule has 1 atom stereocenters. The molecular formula is C29H29FIN3O7S. The first-order valence-electron chi connectivity index (χ1n) is 12.7. The van der Waals surface area contributed by atoms with Gasteiger partial charge in [-0.05, 0) is 86.2 Å². The normalized spacial score (nSPS) is 12.5. The van der Waals surface area contributed by atoms with Crippen LogP contribution in [0.5, 0.6) is 11.5 Å². The molecule has 2 aromatic carbocycles. The summed E-state index contributed by atoms with van der Waals surface area (Å²) in [6, 6.07) is 11.0. The number of hydrogen-bond acceptors (Lipinski definition) is 8. The highest BCUT2D eigenvalue weighted by atomic mass is 127. The number of rotatable bonds is 8. The predicted molar refractivity (Wildman–Crippen MR) is 162 cm³/mol. The van der Waals surface area contributed by atoms with Gasteiger partial charge >= 0.3 is 12.1 Å². The zero-order chi connectivity index (χ0) is 30.8. The number of halogens is 2. The van der Waals surface area contributed by atoms with E-state index in [9.17, 15) is 18.0 Å². The van der Waals surface area contributed by atoms with Gasteiger partial charge in [0.25, 0.3) is 10.0 Å². The molecule has 4 rings (SSSR count). The first kappa shape index (κ1) is 31.2. The van der Waals surface area contributed by atoms with Gasteiger partial charge < -0.3 is 19.5 Å². The van der Waals surface area contributed by atoms with E-state index in [1.807, 2.05) is 29.5 Å². The molecule has 10 nitrogen and oxygen atoms in total. The number of carbonyl (C=O) groups is 2. The Kier molecular flexibility index (Phi) is 9.11. The van der Waals surface area contributed by atoms with Gasteiger partial charge in [0.1, 0.15) is 17.4 Å². The van der Waals surface area contributed by atoms with Gasteiger partial charge in [-0.1, -0.05) is 23.8 Å². The third-order valence-corrected chi connectivity index (χ3v) is 8.46. The summed E-state index contributed by atoms with van der Waals surface area (Å²) in [5.74, 6) is -1.39. The Morgan fingerprint density at radius 2 is 1.79 bits per heavy atom. The summed E-state index contributed by atoms with van der Waals surface area (Å²) in [5, 5.41) is 2.85. The van der Waals surface area contributed by atoms with Crippen molar-refractivity contribution in [1.29, 1.82) is 0 Å². The maximum Gasteiger partial charge on any atom is 0.408 e. The Morgan fingerprint density at radius 1 is 1.10 bits per heavy atom. The number of benzene rings is 2. The van der Waals surface area contributed by atoms with E-state index in [0.717, 1.165) is 9.54 Å².